The number of likely N-dealkylation sites (tertiary alicyclic amines) is 1. The van der Waals surface area contributed by atoms with E-state index in [9.17, 15) is 9.90 Å². The van der Waals surface area contributed by atoms with Crippen molar-refractivity contribution in [1.82, 2.24) is 4.90 Å². The molecule has 3 nitrogen and oxygen atoms in total. The minimum Gasteiger partial charge on any atom is -0.369 e. The van der Waals surface area contributed by atoms with Gasteiger partial charge in [0.15, 0.2) is 0 Å². The summed E-state index contributed by atoms with van der Waals surface area (Å²) < 4.78 is 0. The van der Waals surface area contributed by atoms with Crippen molar-refractivity contribution in [1.29, 1.82) is 0 Å². The average Bonchev–Trinajstić information content (AvgIpc) is 2.58. The highest BCUT2D eigenvalue weighted by molar-refractivity contribution is 5.90. The smallest absolute Gasteiger partial charge is 0.267 e. The molecule has 17 heavy (non-hydrogen) atoms. The van der Waals surface area contributed by atoms with Crippen molar-refractivity contribution in [2.75, 3.05) is 13.6 Å². The van der Waals surface area contributed by atoms with Crippen molar-refractivity contribution in [3.05, 3.63) is 23.8 Å². The third-order valence-electron chi connectivity index (χ3n) is 2.77. The second-order valence-corrected chi connectivity index (χ2v) is 4.14. The zero-order valence-corrected chi connectivity index (χ0v) is 10.7. The first-order valence-corrected chi connectivity index (χ1v) is 5.87. The van der Waals surface area contributed by atoms with Gasteiger partial charge in [-0.05, 0) is 13.3 Å². The molecule has 0 aliphatic carbocycles. The molecule has 1 aliphatic heterocycles. The van der Waals surface area contributed by atoms with E-state index in [1.54, 1.807) is 7.05 Å². The Balaban J connectivity index is 2.84. The molecule has 1 N–H and O–H groups in total. The van der Waals surface area contributed by atoms with Crippen molar-refractivity contribution in [3.63, 3.8) is 0 Å². The van der Waals surface area contributed by atoms with Crippen LogP contribution in [0.5, 0.6) is 0 Å². The summed E-state index contributed by atoms with van der Waals surface area (Å²) in [5, 5.41) is 10.1. The van der Waals surface area contributed by atoms with Crippen LogP contribution in [-0.2, 0) is 4.79 Å². The first-order valence-electron chi connectivity index (χ1n) is 5.87. The lowest BCUT2D eigenvalue weighted by molar-refractivity contribution is -0.137. The predicted octanol–water partition coefficient (Wildman–Crippen LogP) is 1.50. The van der Waals surface area contributed by atoms with Gasteiger partial charge in [-0.1, -0.05) is 37.0 Å². The Morgan fingerprint density at radius 3 is 2.82 bits per heavy atom. The third kappa shape index (κ3) is 3.21. The first kappa shape index (κ1) is 13.5. The van der Waals surface area contributed by atoms with E-state index in [-0.39, 0.29) is 5.91 Å². The van der Waals surface area contributed by atoms with E-state index in [0.29, 0.717) is 13.0 Å². The SMILES string of the molecule is CC=C(C#CC1(O)CCN(C)C1=O)C=CCC. The van der Waals surface area contributed by atoms with Crippen LogP contribution in [-0.4, -0.2) is 35.1 Å². The molecule has 92 valence electrons. The van der Waals surface area contributed by atoms with Gasteiger partial charge in [-0.25, -0.2) is 0 Å². The number of aliphatic hydroxyl groups is 1. The van der Waals surface area contributed by atoms with E-state index in [2.05, 4.69) is 11.8 Å². The fourth-order valence-electron chi connectivity index (χ4n) is 1.60. The Hall–Kier alpha value is -1.53. The lowest BCUT2D eigenvalue weighted by Crippen LogP contribution is -2.37. The van der Waals surface area contributed by atoms with Gasteiger partial charge in [-0.2, -0.15) is 0 Å². The van der Waals surface area contributed by atoms with Crippen LogP contribution < -0.4 is 0 Å². The van der Waals surface area contributed by atoms with Crippen LogP contribution in [0, 0.1) is 11.8 Å². The number of carbonyl (C=O) groups is 1. The van der Waals surface area contributed by atoms with Crippen LogP contribution in [0.1, 0.15) is 26.7 Å². The summed E-state index contributed by atoms with van der Waals surface area (Å²) in [6.07, 6.45) is 7.08. The molecule has 0 aromatic heterocycles. The molecule has 1 rings (SSSR count). The number of rotatable bonds is 2. The summed E-state index contributed by atoms with van der Waals surface area (Å²) in [7, 11) is 1.68. The van der Waals surface area contributed by atoms with E-state index in [1.807, 2.05) is 32.1 Å². The molecule has 0 radical (unpaired) electrons. The van der Waals surface area contributed by atoms with Gasteiger partial charge in [0.1, 0.15) is 0 Å². The van der Waals surface area contributed by atoms with E-state index in [0.717, 1.165) is 12.0 Å². The zero-order chi connectivity index (χ0) is 12.9. The number of allylic oxidation sites excluding steroid dienone is 4. The maximum atomic E-state index is 11.7. The summed E-state index contributed by atoms with van der Waals surface area (Å²) in [6, 6.07) is 0. The molecular formula is C14H19NO2. The normalized spacial score (nSPS) is 25.3. The van der Waals surface area contributed by atoms with E-state index >= 15 is 0 Å². The Kier molecular flexibility index (Phi) is 4.53. The lowest BCUT2D eigenvalue weighted by Gasteiger charge is -2.13. The molecule has 0 aromatic carbocycles. The van der Waals surface area contributed by atoms with Gasteiger partial charge in [-0.3, -0.25) is 4.79 Å². The Morgan fingerprint density at radius 1 is 1.65 bits per heavy atom. The lowest BCUT2D eigenvalue weighted by atomic mass is 10.0. The van der Waals surface area contributed by atoms with Crippen molar-refractivity contribution >= 4 is 5.91 Å². The molecule has 3 heteroatoms. The highest BCUT2D eigenvalue weighted by atomic mass is 16.3. The molecule has 0 aromatic rings. The molecule has 0 spiro atoms. The van der Waals surface area contributed by atoms with Gasteiger partial charge >= 0.3 is 0 Å². The van der Waals surface area contributed by atoms with Crippen LogP contribution in [0.4, 0.5) is 0 Å². The van der Waals surface area contributed by atoms with Crippen molar-refractivity contribution in [2.24, 2.45) is 0 Å². The predicted molar refractivity (Wildman–Crippen MR) is 68.2 cm³/mol. The monoisotopic (exact) mass is 233 g/mol. The number of carbonyl (C=O) groups excluding carboxylic acids is 1. The van der Waals surface area contributed by atoms with Crippen LogP contribution in [0.15, 0.2) is 23.8 Å². The van der Waals surface area contributed by atoms with Crippen molar-refractivity contribution in [2.45, 2.75) is 32.3 Å². The summed E-state index contributed by atoms with van der Waals surface area (Å²) in [5.74, 6) is 5.25. The highest BCUT2D eigenvalue weighted by Gasteiger charge is 2.42. The molecule has 1 saturated heterocycles. The van der Waals surface area contributed by atoms with Gasteiger partial charge in [0.25, 0.3) is 5.91 Å². The minimum atomic E-state index is -1.50. The fourth-order valence-corrected chi connectivity index (χ4v) is 1.60. The molecule has 1 aliphatic rings. The van der Waals surface area contributed by atoms with Gasteiger partial charge in [0.2, 0.25) is 5.60 Å². The van der Waals surface area contributed by atoms with Gasteiger partial charge in [0, 0.05) is 25.6 Å². The Bertz CT molecular complexity index is 412. The summed E-state index contributed by atoms with van der Waals surface area (Å²) in [6.45, 7) is 4.48. The Labute approximate surface area is 103 Å². The Morgan fingerprint density at radius 2 is 2.35 bits per heavy atom. The average molecular weight is 233 g/mol. The van der Waals surface area contributed by atoms with Gasteiger partial charge < -0.3 is 10.0 Å². The molecule has 0 bridgehead atoms. The number of nitrogens with zero attached hydrogens (tertiary/aromatic N) is 1. The molecule has 1 amide bonds. The largest absolute Gasteiger partial charge is 0.369 e. The maximum absolute atomic E-state index is 11.7. The van der Waals surface area contributed by atoms with E-state index in [4.69, 9.17) is 0 Å². The minimum absolute atomic E-state index is 0.306. The number of hydrogen-bond donors (Lipinski definition) is 1. The topological polar surface area (TPSA) is 40.5 Å². The van der Waals surface area contributed by atoms with Gasteiger partial charge in [-0.15, -0.1) is 0 Å². The quantitative estimate of drug-likeness (QED) is 0.580. The summed E-state index contributed by atoms with van der Waals surface area (Å²) in [4.78, 5) is 13.2. The van der Waals surface area contributed by atoms with Crippen LogP contribution in [0.2, 0.25) is 0 Å². The summed E-state index contributed by atoms with van der Waals surface area (Å²) >= 11 is 0. The number of hydrogen-bond acceptors (Lipinski definition) is 2. The van der Waals surface area contributed by atoms with Crippen molar-refractivity contribution < 1.29 is 9.90 Å². The van der Waals surface area contributed by atoms with Crippen LogP contribution >= 0.6 is 0 Å². The molecule has 1 unspecified atom stereocenters. The maximum Gasteiger partial charge on any atom is 0.267 e. The number of amides is 1. The summed E-state index contributed by atoms with van der Waals surface area (Å²) in [5.41, 5.74) is -0.675. The highest BCUT2D eigenvalue weighted by Crippen LogP contribution is 2.20. The fraction of sp³-hybridized carbons (Fsp3) is 0.500. The third-order valence-corrected chi connectivity index (χ3v) is 2.77. The van der Waals surface area contributed by atoms with Crippen LogP contribution in [0.25, 0.3) is 0 Å². The first-order chi connectivity index (χ1) is 8.03. The molecule has 1 fully saturated rings. The van der Waals surface area contributed by atoms with E-state index in [1.165, 1.54) is 4.90 Å². The zero-order valence-electron chi connectivity index (χ0n) is 10.7. The molecule has 1 heterocycles. The number of likely N-dealkylation sites (N-methyl/N-ethyl adjacent to an activating group) is 1. The van der Waals surface area contributed by atoms with Gasteiger partial charge in [0.05, 0.1) is 0 Å². The molecule has 1 atom stereocenters. The van der Waals surface area contributed by atoms with Crippen LogP contribution in [0.3, 0.4) is 0 Å². The van der Waals surface area contributed by atoms with Crippen molar-refractivity contribution in [3.8, 4) is 11.8 Å². The van der Waals surface area contributed by atoms with E-state index < -0.39 is 5.60 Å². The second-order valence-electron chi connectivity index (χ2n) is 4.14. The second kappa shape index (κ2) is 5.70. The standard InChI is InChI=1S/C14H19NO2/c1-4-6-7-12(5-2)8-9-14(17)10-11-15(3)13(14)16/h5-7,17H,4,10-11H2,1-3H3. The molecular weight excluding hydrogens is 214 g/mol. The molecule has 0 saturated carbocycles.